The van der Waals surface area contributed by atoms with Gasteiger partial charge in [0.25, 0.3) is 5.91 Å². The lowest BCUT2D eigenvalue weighted by molar-refractivity contribution is 0.0988. The molecule has 3 rings (SSSR count). The molecule has 1 aliphatic heterocycles. The summed E-state index contributed by atoms with van der Waals surface area (Å²) in [5.41, 5.74) is 2.37. The van der Waals surface area contributed by atoms with Gasteiger partial charge in [-0.3, -0.25) is 4.79 Å². The Morgan fingerprint density at radius 1 is 1.03 bits per heavy atom. The normalized spacial score (nSPS) is 20.4. The Balaban J connectivity index is 1.84. The Morgan fingerprint density at radius 3 is 2.17 bits per heavy atom. The van der Waals surface area contributed by atoms with Gasteiger partial charge in [-0.2, -0.15) is 4.31 Å². The van der Waals surface area contributed by atoms with Crippen molar-refractivity contribution in [2.45, 2.75) is 39.0 Å². The molecule has 1 saturated heterocycles. The molecule has 0 bridgehead atoms. The molecule has 1 aliphatic rings. The van der Waals surface area contributed by atoms with E-state index in [1.807, 2.05) is 38.1 Å². The van der Waals surface area contributed by atoms with Crippen molar-refractivity contribution >= 4 is 21.6 Å². The van der Waals surface area contributed by atoms with Crippen LogP contribution in [0, 0.1) is 18.8 Å². The van der Waals surface area contributed by atoms with Crippen LogP contribution in [0.4, 0.5) is 5.69 Å². The number of hydrogen-bond donors (Lipinski definition) is 0. The van der Waals surface area contributed by atoms with E-state index in [0.29, 0.717) is 37.0 Å². The van der Waals surface area contributed by atoms with Crippen LogP contribution in [0.1, 0.15) is 43.1 Å². The number of rotatable bonds is 5. The zero-order chi connectivity index (χ0) is 21.2. The number of sulfonamides is 1. The molecule has 2 aromatic rings. The van der Waals surface area contributed by atoms with Crippen LogP contribution in [-0.2, 0) is 10.0 Å². The fourth-order valence-corrected chi connectivity index (χ4v) is 5.85. The van der Waals surface area contributed by atoms with Crippen molar-refractivity contribution in [1.82, 2.24) is 4.31 Å². The van der Waals surface area contributed by atoms with Gasteiger partial charge in [0, 0.05) is 30.9 Å². The molecule has 2 aromatic carbocycles. The zero-order valence-electron chi connectivity index (χ0n) is 17.6. The van der Waals surface area contributed by atoms with E-state index in [9.17, 15) is 13.2 Å². The summed E-state index contributed by atoms with van der Waals surface area (Å²) in [6, 6.07) is 14.1. The van der Waals surface area contributed by atoms with Crippen molar-refractivity contribution in [2.24, 2.45) is 11.8 Å². The number of hydrogen-bond acceptors (Lipinski definition) is 3. The molecule has 1 amide bonds. The highest BCUT2D eigenvalue weighted by atomic mass is 32.2. The summed E-state index contributed by atoms with van der Waals surface area (Å²) >= 11 is 0. The molecule has 1 heterocycles. The summed E-state index contributed by atoms with van der Waals surface area (Å²) in [5.74, 6) is 0.564. The molecule has 6 heteroatoms. The lowest BCUT2D eigenvalue weighted by Crippen LogP contribution is -2.42. The second-order valence-electron chi connectivity index (χ2n) is 8.13. The van der Waals surface area contributed by atoms with Crippen LogP contribution in [0.5, 0.6) is 0 Å². The van der Waals surface area contributed by atoms with Gasteiger partial charge in [-0.1, -0.05) is 32.0 Å². The Hall–Kier alpha value is -2.18. The molecule has 0 radical (unpaired) electrons. The first-order valence-electron chi connectivity index (χ1n) is 10.2. The summed E-state index contributed by atoms with van der Waals surface area (Å²) in [7, 11) is -3.55. The van der Waals surface area contributed by atoms with Crippen LogP contribution in [-0.4, -0.2) is 38.3 Å². The number of piperidine rings is 1. The van der Waals surface area contributed by atoms with E-state index < -0.39 is 10.0 Å². The van der Waals surface area contributed by atoms with E-state index in [-0.39, 0.29) is 10.8 Å². The van der Waals surface area contributed by atoms with Crippen molar-refractivity contribution in [3.8, 4) is 0 Å². The lowest BCUT2D eigenvalue weighted by atomic mass is 9.94. The molecule has 2 atom stereocenters. The van der Waals surface area contributed by atoms with E-state index >= 15 is 0 Å². The number of aryl methyl sites for hydroxylation is 1. The molecule has 0 aromatic heterocycles. The maximum atomic E-state index is 13.0. The number of para-hydroxylation sites is 1. The van der Waals surface area contributed by atoms with Crippen molar-refractivity contribution in [3.63, 3.8) is 0 Å². The van der Waals surface area contributed by atoms with Crippen LogP contribution in [0.2, 0.25) is 0 Å². The van der Waals surface area contributed by atoms with E-state index in [2.05, 4.69) is 13.8 Å². The third-order valence-corrected chi connectivity index (χ3v) is 7.39. The average molecular weight is 415 g/mol. The first-order valence-corrected chi connectivity index (χ1v) is 11.7. The van der Waals surface area contributed by atoms with Gasteiger partial charge in [0.2, 0.25) is 10.0 Å². The largest absolute Gasteiger partial charge is 0.308 e. The van der Waals surface area contributed by atoms with Crippen LogP contribution >= 0.6 is 0 Å². The Labute approximate surface area is 174 Å². The highest BCUT2D eigenvalue weighted by molar-refractivity contribution is 7.89. The minimum Gasteiger partial charge on any atom is -0.308 e. The molecule has 1 fully saturated rings. The Morgan fingerprint density at radius 2 is 1.62 bits per heavy atom. The molecule has 5 nitrogen and oxygen atoms in total. The molecule has 156 valence electrons. The van der Waals surface area contributed by atoms with Crippen LogP contribution < -0.4 is 4.90 Å². The van der Waals surface area contributed by atoms with Gasteiger partial charge >= 0.3 is 0 Å². The quantitative estimate of drug-likeness (QED) is 0.732. The molecule has 2 unspecified atom stereocenters. The summed E-state index contributed by atoms with van der Waals surface area (Å²) in [6.07, 6.45) is 1.05. The van der Waals surface area contributed by atoms with Crippen LogP contribution in [0.15, 0.2) is 53.4 Å². The van der Waals surface area contributed by atoms with Gasteiger partial charge in [0.1, 0.15) is 0 Å². The number of anilines is 1. The second-order valence-corrected chi connectivity index (χ2v) is 10.1. The number of nitrogens with zero attached hydrogens (tertiary/aromatic N) is 2. The smallest absolute Gasteiger partial charge is 0.258 e. The van der Waals surface area contributed by atoms with Gasteiger partial charge in [-0.15, -0.1) is 0 Å². The fourth-order valence-electron chi connectivity index (χ4n) is 4.17. The monoisotopic (exact) mass is 414 g/mol. The van der Waals surface area contributed by atoms with Crippen molar-refractivity contribution in [2.75, 3.05) is 24.5 Å². The highest BCUT2D eigenvalue weighted by Gasteiger charge is 2.31. The standard InChI is InChI=1S/C23H30N2O3S/c1-5-25(22-9-7-6-8-19(22)4)23(26)20-10-12-21(13-11-20)29(27,28)24-15-17(2)14-18(3)16-24/h6-13,17-18H,5,14-16H2,1-4H3. The molecule has 0 aliphatic carbocycles. The van der Waals surface area contributed by atoms with Gasteiger partial charge in [-0.25, -0.2) is 8.42 Å². The lowest BCUT2D eigenvalue weighted by Gasteiger charge is -2.34. The first-order chi connectivity index (χ1) is 13.7. The number of carbonyl (C=O) groups excluding carboxylic acids is 1. The van der Waals surface area contributed by atoms with Crippen molar-refractivity contribution in [1.29, 1.82) is 0 Å². The highest BCUT2D eigenvalue weighted by Crippen LogP contribution is 2.27. The number of benzene rings is 2. The average Bonchev–Trinajstić information content (AvgIpc) is 2.69. The van der Waals surface area contributed by atoms with Crippen LogP contribution in [0.3, 0.4) is 0 Å². The maximum Gasteiger partial charge on any atom is 0.258 e. The van der Waals surface area contributed by atoms with Gasteiger partial charge in [0.05, 0.1) is 4.90 Å². The van der Waals surface area contributed by atoms with Crippen molar-refractivity contribution < 1.29 is 13.2 Å². The predicted octanol–water partition coefficient (Wildman–Crippen LogP) is 4.33. The van der Waals surface area contributed by atoms with E-state index in [1.54, 1.807) is 33.5 Å². The van der Waals surface area contributed by atoms with E-state index in [4.69, 9.17) is 0 Å². The first kappa shape index (κ1) is 21.5. The van der Waals surface area contributed by atoms with Gasteiger partial charge < -0.3 is 4.90 Å². The summed E-state index contributed by atoms with van der Waals surface area (Å²) < 4.78 is 27.7. The fraction of sp³-hybridized carbons (Fsp3) is 0.435. The van der Waals surface area contributed by atoms with Gasteiger partial charge in [-0.05, 0) is 68.0 Å². The Kier molecular flexibility index (Phi) is 6.44. The van der Waals surface area contributed by atoms with Crippen LogP contribution in [0.25, 0.3) is 0 Å². The predicted molar refractivity (Wildman–Crippen MR) is 117 cm³/mol. The molecule has 29 heavy (non-hydrogen) atoms. The minimum absolute atomic E-state index is 0.133. The molecule has 0 saturated carbocycles. The molecule has 0 N–H and O–H groups in total. The summed E-state index contributed by atoms with van der Waals surface area (Å²) in [6.45, 7) is 9.71. The molecular formula is C23H30N2O3S. The Bertz CT molecular complexity index is 960. The number of amides is 1. The minimum atomic E-state index is -3.55. The maximum absolute atomic E-state index is 13.0. The molecule has 0 spiro atoms. The summed E-state index contributed by atoms with van der Waals surface area (Å²) in [4.78, 5) is 15.0. The third kappa shape index (κ3) is 4.54. The SMILES string of the molecule is CCN(C(=O)c1ccc(S(=O)(=O)N2CC(C)CC(C)C2)cc1)c1ccccc1C. The topological polar surface area (TPSA) is 57.7 Å². The van der Waals surface area contributed by atoms with E-state index in [0.717, 1.165) is 17.7 Å². The van der Waals surface area contributed by atoms with E-state index in [1.165, 1.54) is 0 Å². The van der Waals surface area contributed by atoms with Crippen molar-refractivity contribution in [3.05, 3.63) is 59.7 Å². The molecular weight excluding hydrogens is 384 g/mol. The van der Waals surface area contributed by atoms with Gasteiger partial charge in [0.15, 0.2) is 0 Å². The third-order valence-electron chi connectivity index (χ3n) is 5.54. The summed E-state index contributed by atoms with van der Waals surface area (Å²) in [5, 5.41) is 0. The second kappa shape index (κ2) is 8.67. The number of carbonyl (C=O) groups is 1. The zero-order valence-corrected chi connectivity index (χ0v) is 18.4.